The Balaban J connectivity index is 0.713. The standard InChI is InChI=1S/C73H103N22O37P5S4/c1-9-36-37(18-44(122-36)90-20-33(2)57(74)85-71(90)100)129-134(105,138)118-23-39-38(19-45(123-39)91-21-34(3)63(97)88-72(91)101)128-133(103,104)117-25-41-50(56(116-17-13-112-8)69(125-41)95-32-84-48-62(95)86-70(77)87-65(48)99)130-136(107,140)120-27-43-52(55(115-16-12-111-7)68(127-43)94-31-83-47-59(76)79-29-81-61(47)94)132-137(108,141)121-26-42-51(54(114-15-11-110-6)67(126-42)93-30-82-46-58(75)78-28-80-60(46)93)131-135(106,139)119-24-40-49(96)53(113-14-10-109-5)66(124-40)92-22-35(4)64(98)89-73(92)102/h20-22,28-32,36-45,49-56,66-69,96H,9-19,23-27H2,1-8H3,(H,103,104)(H,105,138)(H,106,139)(H,107,140)(H,108,141)(H2,74,85,100)(H2,75,78,80)(H2,76,79,81)(H,88,97,101)(H,89,98,102)(H3,77,86,87,99)/t36-,37?,38?,39-,40-,41-,42-,43-,44-,45-,49?,50?,51?,52?,53+,54+,55+,56+,66-,67-,68-,69-,134?,135?,136?,137?/m1/s1. The third-order valence-corrected chi connectivity index (χ3v) is 30.4. The van der Waals surface area contributed by atoms with Gasteiger partial charge in [0.05, 0.1) is 117 Å². The van der Waals surface area contributed by atoms with E-state index in [0.29, 0.717) is 12.0 Å². The molecule has 0 amide bonds. The molecule has 6 fully saturated rings. The second-order valence-corrected chi connectivity index (χ2v) is 45.1. The molecule has 9 aromatic rings. The number of phosphoric ester groups is 1. The molecule has 9 aromatic heterocycles. The Kier molecular flexibility index (Phi) is 35.0. The summed E-state index contributed by atoms with van der Waals surface area (Å²) in [6, 6.07) is 0. The highest BCUT2D eigenvalue weighted by molar-refractivity contribution is 8.44. The number of aromatic nitrogens is 18. The van der Waals surface area contributed by atoms with Crippen LogP contribution in [-0.2, 0) is 156 Å². The Morgan fingerprint density at radius 2 is 0.830 bits per heavy atom. The quantitative estimate of drug-likeness (QED) is 0.0127. The lowest BCUT2D eigenvalue weighted by molar-refractivity contribution is -0.0827. The van der Waals surface area contributed by atoms with Crippen molar-refractivity contribution in [3.05, 3.63) is 129 Å². The first kappa shape index (κ1) is 108. The van der Waals surface area contributed by atoms with E-state index in [1.807, 2.05) is 0 Å². The number of rotatable bonds is 48. The Morgan fingerprint density at radius 3 is 1.34 bits per heavy atom. The maximum atomic E-state index is 15.7. The van der Waals surface area contributed by atoms with Gasteiger partial charge in [0, 0.05) is 76.6 Å². The number of hydrogen-bond acceptors (Lipinski definition) is 49. The molecule has 0 spiro atoms. The van der Waals surface area contributed by atoms with E-state index in [1.165, 1.54) is 85.6 Å². The highest BCUT2D eigenvalue weighted by atomic mass is 32.7. The number of nitrogens with one attached hydrogen (secondary N) is 3. The molecule has 68 heteroatoms. The van der Waals surface area contributed by atoms with Gasteiger partial charge in [-0.05, 0) is 62.6 Å². The van der Waals surface area contributed by atoms with Crippen LogP contribution in [0, 0.1) is 20.8 Å². The van der Waals surface area contributed by atoms with E-state index in [0.717, 1.165) is 34.3 Å². The lowest BCUT2D eigenvalue weighted by Gasteiger charge is -2.30. The minimum Gasteiger partial charge on any atom is -0.387 e. The van der Waals surface area contributed by atoms with Crippen molar-refractivity contribution >= 4 is 139 Å². The monoisotopic (exact) mass is 2160 g/mol. The van der Waals surface area contributed by atoms with Crippen molar-refractivity contribution in [1.82, 2.24) is 87.2 Å². The van der Waals surface area contributed by atoms with Crippen molar-refractivity contribution in [3.63, 3.8) is 0 Å². The summed E-state index contributed by atoms with van der Waals surface area (Å²) in [6.45, 7) is -18.8. The van der Waals surface area contributed by atoms with Crippen LogP contribution < -0.4 is 56.7 Å². The van der Waals surface area contributed by atoms with Gasteiger partial charge in [-0.1, -0.05) is 19.2 Å². The number of ether oxygens (including phenoxy) is 14. The number of imidazole rings is 3. The van der Waals surface area contributed by atoms with Gasteiger partial charge >= 0.3 is 51.8 Å². The number of nitrogens with two attached hydrogens (primary N) is 4. The van der Waals surface area contributed by atoms with Crippen molar-refractivity contribution in [3.8, 4) is 0 Å². The maximum absolute atomic E-state index is 15.7. The minimum absolute atomic E-state index is 0.00437. The number of thiol groups is 1. The van der Waals surface area contributed by atoms with Crippen LogP contribution in [-0.4, -0.2) is 324 Å². The number of aryl methyl sites for hydroxylation is 3. The van der Waals surface area contributed by atoms with Crippen molar-refractivity contribution in [2.75, 3.05) is 137 Å². The number of phosphoric acid groups is 1. The Hall–Kier alpha value is -7.51. The molecule has 776 valence electrons. The number of anilines is 4. The van der Waals surface area contributed by atoms with Gasteiger partial charge in [0.2, 0.25) is 5.95 Å². The molecular weight excluding hydrogens is 2060 g/mol. The topological polar surface area (TPSA) is 756 Å². The molecule has 6 aliphatic rings. The highest BCUT2D eigenvalue weighted by Crippen LogP contribution is 2.60. The van der Waals surface area contributed by atoms with Crippen LogP contribution in [0.3, 0.4) is 0 Å². The minimum atomic E-state index is -5.62. The number of methoxy groups -OCH3 is 4. The fourth-order valence-electron chi connectivity index (χ4n) is 16.3. The smallest absolute Gasteiger partial charge is 0.387 e. The molecule has 0 radical (unpaired) electrons. The molecule has 27 atom stereocenters. The summed E-state index contributed by atoms with van der Waals surface area (Å²) in [7, 11) is -0.111. The lowest BCUT2D eigenvalue weighted by Crippen LogP contribution is -2.40. The zero-order valence-electron chi connectivity index (χ0n) is 75.9. The molecule has 6 aliphatic heterocycles. The first-order chi connectivity index (χ1) is 67.1. The molecule has 59 nitrogen and oxygen atoms in total. The van der Waals surface area contributed by atoms with Gasteiger partial charge in [0.25, 0.3) is 16.7 Å². The SMILES string of the molecule is CC[C@H]1O[C@@H](n2cc(C)c(N)nc2=O)CC1OP(O)(=S)OC[C@H]1O[C@@H](n2cc(C)c(=O)[nH]c2=O)CC1OP(=O)(O)OC[C@H]1O[C@@H](n2cnc3c(=O)[nH]c(N)nc32)[C@@H](OCCOC)C1OP(=O)(S)OC[C@H]1O[C@@H](n2cnc3c(N)ncnc32)[C@@H](OCCOC)C1OP(O)(=S)OC[C@H]1O[C@@H](n2cnc3c(N)ncnc32)[C@@H](OCCOC)C1OP(O)(=S)OC[C@H]1O[C@@H](n2cc(C)c(=O)[nH]c2=O)[C@@H](OCCOC)C1O. The Morgan fingerprint density at radius 1 is 0.426 bits per heavy atom. The average Bonchev–Trinajstić information content (AvgIpc) is 1.61. The fraction of sp³-hybridized carbons (Fsp3) is 0.630. The second-order valence-electron chi connectivity index (χ2n) is 32.4. The molecular formula is C73H103N22O37P5S4. The van der Waals surface area contributed by atoms with Gasteiger partial charge < -0.3 is 132 Å². The van der Waals surface area contributed by atoms with Crippen LogP contribution in [0.2, 0.25) is 0 Å². The lowest BCUT2D eigenvalue weighted by atomic mass is 10.1. The summed E-state index contributed by atoms with van der Waals surface area (Å²) in [5.74, 6) is -0.516. The van der Waals surface area contributed by atoms with E-state index in [2.05, 4.69) is 72.1 Å². The van der Waals surface area contributed by atoms with Crippen LogP contribution >= 0.6 is 47.0 Å². The number of aliphatic hydroxyl groups excluding tert-OH is 1. The van der Waals surface area contributed by atoms with Crippen molar-refractivity contribution in [1.29, 1.82) is 0 Å². The largest absolute Gasteiger partial charge is 0.472 e. The van der Waals surface area contributed by atoms with Crippen molar-refractivity contribution in [2.24, 2.45) is 0 Å². The highest BCUT2D eigenvalue weighted by Gasteiger charge is 2.57. The summed E-state index contributed by atoms with van der Waals surface area (Å²) in [4.78, 5) is 172. The molecule has 16 N–H and O–H groups in total. The third kappa shape index (κ3) is 25.0. The van der Waals surface area contributed by atoms with Crippen molar-refractivity contribution in [2.45, 2.75) is 182 Å². The zero-order chi connectivity index (χ0) is 101. The van der Waals surface area contributed by atoms with Crippen LogP contribution in [0.1, 0.15) is 80.2 Å². The molecule has 11 unspecified atom stereocenters. The van der Waals surface area contributed by atoms with Gasteiger partial charge in [-0.3, -0.25) is 83.9 Å². The fourth-order valence-corrected chi connectivity index (χ4v) is 23.1. The Bertz CT molecular complexity index is 6590. The number of nitrogens with zero attached hydrogens (tertiary/aromatic N) is 15. The second kappa shape index (κ2) is 45.9. The number of H-pyrrole nitrogens is 3. The predicted octanol–water partition coefficient (Wildman–Crippen LogP) is -0.730. The van der Waals surface area contributed by atoms with E-state index >= 15 is 4.57 Å². The summed E-state index contributed by atoms with van der Waals surface area (Å²) in [6.07, 6.45) is -23.1. The van der Waals surface area contributed by atoms with E-state index in [-0.39, 0.29) is 121 Å². The summed E-state index contributed by atoms with van der Waals surface area (Å²) < 4.78 is 184. The normalized spacial score (nSPS) is 29.2. The number of aliphatic hydroxyl groups is 1. The molecule has 0 aliphatic carbocycles. The molecule has 6 saturated heterocycles. The number of aromatic amines is 3. The zero-order valence-corrected chi connectivity index (χ0v) is 83.7. The van der Waals surface area contributed by atoms with Gasteiger partial charge in [-0.15, -0.1) is 0 Å². The summed E-state index contributed by atoms with van der Waals surface area (Å²) in [5.41, 5.74) is 20.1. The van der Waals surface area contributed by atoms with Gasteiger partial charge in [0.15, 0.2) is 59.0 Å². The van der Waals surface area contributed by atoms with Crippen LogP contribution in [0.4, 0.5) is 23.4 Å². The molecule has 15 heterocycles. The van der Waals surface area contributed by atoms with Crippen LogP contribution in [0.5, 0.6) is 0 Å². The average molecular weight is 2160 g/mol. The molecule has 0 saturated carbocycles. The first-order valence-corrected chi connectivity index (χ1v) is 55.0. The van der Waals surface area contributed by atoms with E-state index in [1.54, 1.807) is 13.8 Å². The van der Waals surface area contributed by atoms with E-state index in [4.69, 9.17) is 170 Å². The summed E-state index contributed by atoms with van der Waals surface area (Å²) in [5, 5.41) is 11.8. The molecule has 0 bridgehead atoms. The first-order valence-electron chi connectivity index (χ1n) is 43.0. The number of fused-ring (bicyclic) bond motifs is 3. The molecule has 15 rings (SSSR count). The van der Waals surface area contributed by atoms with Gasteiger partial charge in [0.1, 0.15) is 127 Å². The molecule has 141 heavy (non-hydrogen) atoms. The number of hydrogen-bond donors (Lipinski definition) is 13. The van der Waals surface area contributed by atoms with E-state index < -0.39 is 249 Å². The predicted molar refractivity (Wildman–Crippen MR) is 497 cm³/mol. The van der Waals surface area contributed by atoms with Gasteiger partial charge in [-0.25, -0.2) is 58.4 Å². The van der Waals surface area contributed by atoms with Crippen LogP contribution in [0.25, 0.3) is 33.5 Å². The maximum Gasteiger partial charge on any atom is 0.472 e. The van der Waals surface area contributed by atoms with Gasteiger partial charge in [-0.2, -0.15) is 9.97 Å². The third-order valence-electron chi connectivity index (χ3n) is 23.0. The molecule has 0 aromatic carbocycles. The number of nitrogen functional groups attached to an aromatic ring is 4. The summed E-state index contributed by atoms with van der Waals surface area (Å²) >= 11 is 21.7. The Labute approximate surface area is 816 Å². The van der Waals surface area contributed by atoms with Crippen molar-refractivity contribution < 1.29 is 145 Å². The van der Waals surface area contributed by atoms with Crippen LogP contribution in [0.15, 0.2) is 79.0 Å². The van der Waals surface area contributed by atoms with E-state index in [9.17, 15) is 58.0 Å².